The molecule has 2 heterocycles. The number of aryl methyl sites for hydroxylation is 1. The largest absolute Gasteiger partial charge is 0.356 e. The van der Waals surface area contributed by atoms with E-state index < -0.39 is 0 Å². The van der Waals surface area contributed by atoms with E-state index in [1.165, 1.54) is 49.9 Å². The van der Waals surface area contributed by atoms with Crippen LogP contribution < -0.4 is 5.32 Å². The standard InChI is InChI=1S/C24H32FN5O2S/c1-33-24-28-27-21(30(24)20-5-2-3-6-20)7-4-14-26-22(31)17-12-15-29(16-13-17)23(32)18-8-10-19(25)11-9-18/h8-11,17,20H,2-7,12-16H2,1H3,(H,26,31). The van der Waals surface area contributed by atoms with Crippen LogP contribution in [0.2, 0.25) is 0 Å². The Morgan fingerprint density at radius 2 is 1.79 bits per heavy atom. The van der Waals surface area contributed by atoms with E-state index in [2.05, 4.69) is 20.1 Å². The van der Waals surface area contributed by atoms with Gasteiger partial charge in [0.25, 0.3) is 5.91 Å². The van der Waals surface area contributed by atoms with E-state index in [1.807, 2.05) is 6.26 Å². The van der Waals surface area contributed by atoms with E-state index in [1.54, 1.807) is 16.7 Å². The average Bonchev–Trinajstić information content (AvgIpc) is 3.51. The highest BCUT2D eigenvalue weighted by molar-refractivity contribution is 7.98. The van der Waals surface area contributed by atoms with Gasteiger partial charge in [-0.1, -0.05) is 24.6 Å². The van der Waals surface area contributed by atoms with E-state index in [4.69, 9.17) is 0 Å². The van der Waals surface area contributed by atoms with Crippen molar-refractivity contribution < 1.29 is 14.0 Å². The SMILES string of the molecule is CSc1nnc(CCCNC(=O)C2CCN(C(=O)c3ccc(F)cc3)CC2)n1C1CCCC1. The Kier molecular flexibility index (Phi) is 8.01. The van der Waals surface area contributed by atoms with E-state index in [0.717, 1.165) is 23.8 Å². The Morgan fingerprint density at radius 1 is 1.09 bits per heavy atom. The lowest BCUT2D eigenvalue weighted by molar-refractivity contribution is -0.126. The van der Waals surface area contributed by atoms with Crippen LogP contribution in [0.25, 0.3) is 0 Å². The molecule has 0 atom stereocenters. The van der Waals surface area contributed by atoms with Gasteiger partial charge in [-0.05, 0) is 62.6 Å². The maximum Gasteiger partial charge on any atom is 0.253 e. The van der Waals surface area contributed by atoms with Crippen molar-refractivity contribution >= 4 is 23.6 Å². The van der Waals surface area contributed by atoms with Gasteiger partial charge in [-0.3, -0.25) is 9.59 Å². The topological polar surface area (TPSA) is 80.1 Å². The maximum atomic E-state index is 13.1. The van der Waals surface area contributed by atoms with Crippen LogP contribution in [0.4, 0.5) is 4.39 Å². The summed E-state index contributed by atoms with van der Waals surface area (Å²) in [7, 11) is 0. The zero-order valence-corrected chi connectivity index (χ0v) is 20.0. The molecule has 1 N–H and O–H groups in total. The number of thioether (sulfide) groups is 1. The fourth-order valence-electron chi connectivity index (χ4n) is 4.87. The lowest BCUT2D eigenvalue weighted by Crippen LogP contribution is -2.43. The molecule has 0 radical (unpaired) electrons. The first-order valence-electron chi connectivity index (χ1n) is 11.9. The molecule has 9 heteroatoms. The van der Waals surface area contributed by atoms with Crippen molar-refractivity contribution in [3.63, 3.8) is 0 Å². The molecule has 0 bridgehead atoms. The molecule has 33 heavy (non-hydrogen) atoms. The van der Waals surface area contributed by atoms with Crippen LogP contribution >= 0.6 is 11.8 Å². The predicted octanol–water partition coefficient (Wildman–Crippen LogP) is 3.86. The first-order chi connectivity index (χ1) is 16.1. The van der Waals surface area contributed by atoms with Crippen molar-refractivity contribution in [3.8, 4) is 0 Å². The minimum atomic E-state index is -0.356. The fraction of sp³-hybridized carbons (Fsp3) is 0.583. The highest BCUT2D eigenvalue weighted by atomic mass is 32.2. The summed E-state index contributed by atoms with van der Waals surface area (Å²) in [6.07, 6.45) is 9.87. The number of piperidine rings is 1. The molecule has 0 unspecified atom stereocenters. The zero-order chi connectivity index (χ0) is 23.2. The molecule has 178 valence electrons. The number of aromatic nitrogens is 3. The number of carbonyl (C=O) groups excluding carboxylic acids is 2. The number of nitrogens with zero attached hydrogens (tertiary/aromatic N) is 4. The van der Waals surface area contributed by atoms with Gasteiger partial charge in [0.1, 0.15) is 11.6 Å². The van der Waals surface area contributed by atoms with E-state index in [0.29, 0.717) is 44.1 Å². The van der Waals surface area contributed by atoms with Crippen LogP contribution in [0.1, 0.15) is 67.2 Å². The maximum absolute atomic E-state index is 13.1. The molecule has 2 aromatic rings. The molecule has 2 amide bonds. The summed E-state index contributed by atoms with van der Waals surface area (Å²) in [5.41, 5.74) is 0.481. The van der Waals surface area contributed by atoms with Gasteiger partial charge in [0.2, 0.25) is 5.91 Å². The lowest BCUT2D eigenvalue weighted by Gasteiger charge is -2.31. The van der Waals surface area contributed by atoms with Crippen LogP contribution in [0.3, 0.4) is 0 Å². The molecule has 1 saturated heterocycles. The van der Waals surface area contributed by atoms with Crippen molar-refractivity contribution in [2.24, 2.45) is 5.92 Å². The molecule has 2 fully saturated rings. The molecular weight excluding hydrogens is 441 g/mol. The van der Waals surface area contributed by atoms with Crippen LogP contribution in [0.15, 0.2) is 29.4 Å². The summed E-state index contributed by atoms with van der Waals surface area (Å²) < 4.78 is 15.4. The van der Waals surface area contributed by atoms with E-state index >= 15 is 0 Å². The zero-order valence-electron chi connectivity index (χ0n) is 19.1. The third-order valence-electron chi connectivity index (χ3n) is 6.73. The van der Waals surface area contributed by atoms with Crippen LogP contribution in [-0.4, -0.2) is 57.4 Å². The molecular formula is C24H32FN5O2S. The molecule has 1 aliphatic carbocycles. The summed E-state index contributed by atoms with van der Waals surface area (Å²) in [6.45, 7) is 1.69. The van der Waals surface area contributed by atoms with Gasteiger partial charge in [-0.25, -0.2) is 4.39 Å². The van der Waals surface area contributed by atoms with E-state index in [-0.39, 0.29) is 23.5 Å². The highest BCUT2D eigenvalue weighted by Crippen LogP contribution is 2.33. The average molecular weight is 474 g/mol. The molecule has 7 nitrogen and oxygen atoms in total. The summed E-state index contributed by atoms with van der Waals surface area (Å²) in [4.78, 5) is 26.9. The van der Waals surface area contributed by atoms with Crippen molar-refractivity contribution in [1.82, 2.24) is 25.0 Å². The Morgan fingerprint density at radius 3 is 2.45 bits per heavy atom. The molecule has 1 saturated carbocycles. The Labute approximate surface area is 198 Å². The molecule has 2 aliphatic rings. The number of benzene rings is 1. The van der Waals surface area contributed by atoms with Gasteiger partial charge in [-0.2, -0.15) is 0 Å². The van der Waals surface area contributed by atoms with Crippen molar-refractivity contribution in [3.05, 3.63) is 41.5 Å². The lowest BCUT2D eigenvalue weighted by atomic mass is 9.95. The van der Waals surface area contributed by atoms with Crippen LogP contribution in [0, 0.1) is 11.7 Å². The van der Waals surface area contributed by atoms with Crippen molar-refractivity contribution in [2.45, 2.75) is 62.6 Å². The van der Waals surface area contributed by atoms with Gasteiger partial charge < -0.3 is 14.8 Å². The Balaban J connectivity index is 1.20. The van der Waals surface area contributed by atoms with Gasteiger partial charge >= 0.3 is 0 Å². The molecule has 1 aliphatic heterocycles. The number of nitrogens with one attached hydrogen (secondary N) is 1. The van der Waals surface area contributed by atoms with Gasteiger partial charge in [0, 0.05) is 43.6 Å². The number of likely N-dealkylation sites (tertiary alicyclic amines) is 1. The quantitative estimate of drug-likeness (QED) is 0.465. The summed E-state index contributed by atoms with van der Waals surface area (Å²) in [5, 5.41) is 12.8. The summed E-state index contributed by atoms with van der Waals surface area (Å²) in [6, 6.07) is 6.12. The monoisotopic (exact) mass is 473 g/mol. The first kappa shape index (κ1) is 23.7. The highest BCUT2D eigenvalue weighted by Gasteiger charge is 2.28. The molecule has 0 spiro atoms. The molecule has 1 aromatic heterocycles. The second-order valence-corrected chi connectivity index (χ2v) is 9.65. The number of hydrogen-bond acceptors (Lipinski definition) is 5. The van der Waals surface area contributed by atoms with Gasteiger partial charge in [0.05, 0.1) is 0 Å². The summed E-state index contributed by atoms with van der Waals surface area (Å²) >= 11 is 1.64. The first-order valence-corrected chi connectivity index (χ1v) is 13.1. The molecule has 4 rings (SSSR count). The summed E-state index contributed by atoms with van der Waals surface area (Å²) in [5.74, 6) is 0.543. The predicted molar refractivity (Wildman–Crippen MR) is 126 cm³/mol. The smallest absolute Gasteiger partial charge is 0.253 e. The second-order valence-electron chi connectivity index (χ2n) is 8.88. The van der Waals surface area contributed by atoms with Crippen LogP contribution in [0.5, 0.6) is 0 Å². The minimum absolute atomic E-state index is 0.0611. The third kappa shape index (κ3) is 5.75. The fourth-order valence-corrected chi connectivity index (χ4v) is 5.44. The number of amides is 2. The normalized spacial score (nSPS) is 17.5. The van der Waals surface area contributed by atoms with Gasteiger partial charge in [-0.15, -0.1) is 10.2 Å². The number of carbonyl (C=O) groups is 2. The van der Waals surface area contributed by atoms with Gasteiger partial charge in [0.15, 0.2) is 5.16 Å². The third-order valence-corrected chi connectivity index (χ3v) is 7.37. The Hall–Kier alpha value is -2.42. The molecule has 1 aromatic carbocycles. The van der Waals surface area contributed by atoms with Crippen LogP contribution in [-0.2, 0) is 11.2 Å². The van der Waals surface area contributed by atoms with E-state index in [9.17, 15) is 14.0 Å². The second kappa shape index (κ2) is 11.1. The van der Waals surface area contributed by atoms with Crippen molar-refractivity contribution in [2.75, 3.05) is 25.9 Å². The number of rotatable bonds is 8. The number of halogens is 1. The minimum Gasteiger partial charge on any atom is -0.356 e. The number of hydrogen-bond donors (Lipinski definition) is 1. The van der Waals surface area contributed by atoms with Crippen molar-refractivity contribution in [1.29, 1.82) is 0 Å². The Bertz CT molecular complexity index is 950.